The van der Waals surface area contributed by atoms with Crippen molar-refractivity contribution >= 4 is 10.8 Å². The van der Waals surface area contributed by atoms with Crippen LogP contribution in [0.3, 0.4) is 0 Å². The maximum Gasteiger partial charge on any atom is 0.294 e. The molecule has 1 atom stereocenters. The third-order valence-corrected chi connectivity index (χ3v) is 4.75. The van der Waals surface area contributed by atoms with E-state index in [9.17, 15) is 10.1 Å². The SMILES string of the molecule is CC(C)NCC(COc1cccc2ccccc12)c1ccc(CO[N+](=O)[O-])cc1. The van der Waals surface area contributed by atoms with E-state index in [0.29, 0.717) is 12.6 Å². The zero-order valence-electron chi connectivity index (χ0n) is 16.7. The highest BCUT2D eigenvalue weighted by Gasteiger charge is 2.14. The molecule has 0 aromatic heterocycles. The summed E-state index contributed by atoms with van der Waals surface area (Å²) in [4.78, 5) is 14.8. The summed E-state index contributed by atoms with van der Waals surface area (Å²) in [5.74, 6) is 1.01. The molecule has 152 valence electrons. The van der Waals surface area contributed by atoms with Crippen LogP contribution in [0.1, 0.15) is 30.9 Å². The van der Waals surface area contributed by atoms with Gasteiger partial charge in [0, 0.05) is 23.9 Å². The fourth-order valence-electron chi connectivity index (χ4n) is 3.18. The van der Waals surface area contributed by atoms with E-state index in [-0.39, 0.29) is 12.5 Å². The number of hydrogen-bond donors (Lipinski definition) is 1. The summed E-state index contributed by atoms with van der Waals surface area (Å²) >= 11 is 0. The van der Waals surface area contributed by atoms with Gasteiger partial charge in [0.15, 0.2) is 0 Å². The zero-order chi connectivity index (χ0) is 20.6. The molecule has 6 heteroatoms. The molecule has 3 rings (SSSR count). The maximum absolute atomic E-state index is 10.4. The lowest BCUT2D eigenvalue weighted by molar-refractivity contribution is -0.763. The van der Waals surface area contributed by atoms with E-state index in [2.05, 4.69) is 42.2 Å². The quantitative estimate of drug-likeness (QED) is 0.398. The normalized spacial score (nSPS) is 12.1. The van der Waals surface area contributed by atoms with Crippen molar-refractivity contribution in [2.45, 2.75) is 32.4 Å². The fourth-order valence-corrected chi connectivity index (χ4v) is 3.18. The molecule has 29 heavy (non-hydrogen) atoms. The van der Waals surface area contributed by atoms with Crippen LogP contribution in [0.15, 0.2) is 66.7 Å². The van der Waals surface area contributed by atoms with E-state index < -0.39 is 5.09 Å². The predicted molar refractivity (Wildman–Crippen MR) is 114 cm³/mol. The summed E-state index contributed by atoms with van der Waals surface area (Å²) in [5.41, 5.74) is 1.87. The first-order chi connectivity index (χ1) is 14.0. The highest BCUT2D eigenvalue weighted by Crippen LogP contribution is 2.27. The van der Waals surface area contributed by atoms with Crippen LogP contribution in [0.25, 0.3) is 10.8 Å². The van der Waals surface area contributed by atoms with Gasteiger partial charge in [0.05, 0.1) is 6.61 Å². The Morgan fingerprint density at radius 1 is 1.00 bits per heavy atom. The summed E-state index contributed by atoms with van der Waals surface area (Å²) in [6.45, 7) is 5.47. The van der Waals surface area contributed by atoms with Crippen LogP contribution in [0.5, 0.6) is 5.75 Å². The second-order valence-electron chi connectivity index (χ2n) is 7.29. The minimum absolute atomic E-state index is 0.0469. The third-order valence-electron chi connectivity index (χ3n) is 4.75. The average Bonchev–Trinajstić information content (AvgIpc) is 2.72. The minimum Gasteiger partial charge on any atom is -0.492 e. The molecule has 0 heterocycles. The summed E-state index contributed by atoms with van der Waals surface area (Å²) in [5, 5.41) is 15.3. The molecular weight excluding hydrogens is 368 g/mol. The van der Waals surface area contributed by atoms with Gasteiger partial charge in [-0.25, -0.2) is 0 Å². The summed E-state index contributed by atoms with van der Waals surface area (Å²) in [6.07, 6.45) is 0. The van der Waals surface area contributed by atoms with E-state index in [0.717, 1.165) is 34.2 Å². The van der Waals surface area contributed by atoms with Crippen LogP contribution in [-0.2, 0) is 11.4 Å². The van der Waals surface area contributed by atoms with Crippen LogP contribution in [0.2, 0.25) is 0 Å². The van der Waals surface area contributed by atoms with Crippen molar-refractivity contribution in [2.24, 2.45) is 0 Å². The first-order valence-corrected chi connectivity index (χ1v) is 9.73. The first-order valence-electron chi connectivity index (χ1n) is 9.73. The van der Waals surface area contributed by atoms with E-state index in [4.69, 9.17) is 4.74 Å². The van der Waals surface area contributed by atoms with Gasteiger partial charge in [-0.2, -0.15) is 0 Å². The van der Waals surface area contributed by atoms with Crippen molar-refractivity contribution in [1.29, 1.82) is 0 Å². The van der Waals surface area contributed by atoms with Gasteiger partial charge < -0.3 is 14.9 Å². The monoisotopic (exact) mass is 394 g/mol. The molecule has 1 N–H and O–H groups in total. The second kappa shape index (κ2) is 9.89. The Morgan fingerprint density at radius 2 is 1.72 bits per heavy atom. The van der Waals surface area contributed by atoms with Crippen molar-refractivity contribution in [3.8, 4) is 5.75 Å². The summed E-state index contributed by atoms with van der Waals surface area (Å²) in [6, 6.07) is 22.3. The van der Waals surface area contributed by atoms with Crippen LogP contribution >= 0.6 is 0 Å². The molecule has 6 nitrogen and oxygen atoms in total. The van der Waals surface area contributed by atoms with Crippen molar-refractivity contribution in [2.75, 3.05) is 13.2 Å². The van der Waals surface area contributed by atoms with Gasteiger partial charge in [-0.15, -0.1) is 10.1 Å². The molecule has 0 saturated carbocycles. The van der Waals surface area contributed by atoms with Crippen LogP contribution in [0.4, 0.5) is 0 Å². The molecule has 0 amide bonds. The fraction of sp³-hybridized carbons (Fsp3) is 0.304. The van der Waals surface area contributed by atoms with Crippen molar-refractivity contribution in [3.05, 3.63) is 88.0 Å². The van der Waals surface area contributed by atoms with Gasteiger partial charge in [0.25, 0.3) is 5.09 Å². The minimum atomic E-state index is -0.776. The Balaban J connectivity index is 1.73. The smallest absolute Gasteiger partial charge is 0.294 e. The van der Waals surface area contributed by atoms with Gasteiger partial charge >= 0.3 is 0 Å². The van der Waals surface area contributed by atoms with Gasteiger partial charge in [0.1, 0.15) is 12.4 Å². The Kier molecular flexibility index (Phi) is 7.03. The van der Waals surface area contributed by atoms with E-state index in [1.165, 1.54) is 0 Å². The molecular formula is C23H26N2O4. The van der Waals surface area contributed by atoms with E-state index in [1.54, 1.807) is 0 Å². The van der Waals surface area contributed by atoms with Gasteiger partial charge in [0.2, 0.25) is 0 Å². The molecule has 0 aliphatic heterocycles. The van der Waals surface area contributed by atoms with Crippen LogP contribution in [0, 0.1) is 10.1 Å². The van der Waals surface area contributed by atoms with Crippen molar-refractivity contribution in [1.82, 2.24) is 5.32 Å². The molecule has 0 bridgehead atoms. The molecule has 0 aliphatic rings. The van der Waals surface area contributed by atoms with Crippen molar-refractivity contribution < 1.29 is 14.7 Å². The number of fused-ring (bicyclic) bond motifs is 1. The zero-order valence-corrected chi connectivity index (χ0v) is 16.7. The highest BCUT2D eigenvalue weighted by molar-refractivity contribution is 5.88. The Labute approximate surface area is 170 Å². The molecule has 0 radical (unpaired) electrons. The molecule has 0 aliphatic carbocycles. The Morgan fingerprint density at radius 3 is 2.45 bits per heavy atom. The third kappa shape index (κ3) is 5.93. The number of hydrogen-bond acceptors (Lipinski definition) is 5. The lowest BCUT2D eigenvalue weighted by Crippen LogP contribution is -2.30. The first kappa shape index (κ1) is 20.6. The Hall–Kier alpha value is -3.12. The molecule has 3 aromatic carbocycles. The van der Waals surface area contributed by atoms with Gasteiger partial charge in [-0.05, 0) is 22.6 Å². The number of rotatable bonds is 10. The van der Waals surface area contributed by atoms with Gasteiger partial charge in [-0.1, -0.05) is 74.5 Å². The standard InChI is InChI=1S/C23H26N2O4/c1-17(2)24-14-21(19-12-10-18(11-13-19)15-29-25(26)27)16-28-23-9-5-7-20-6-3-4-8-22(20)23/h3-13,17,21,24H,14-16H2,1-2H3. The van der Waals surface area contributed by atoms with Crippen LogP contribution in [-0.4, -0.2) is 24.3 Å². The number of benzene rings is 3. The molecule has 0 saturated heterocycles. The Bertz CT molecular complexity index is 936. The second-order valence-corrected chi connectivity index (χ2v) is 7.29. The number of nitrogens with one attached hydrogen (secondary N) is 1. The number of nitrogens with zero attached hydrogens (tertiary/aromatic N) is 1. The lowest BCUT2D eigenvalue weighted by atomic mass is 9.98. The van der Waals surface area contributed by atoms with E-state index in [1.807, 2.05) is 48.5 Å². The topological polar surface area (TPSA) is 73.6 Å². The van der Waals surface area contributed by atoms with Crippen LogP contribution < -0.4 is 10.1 Å². The lowest BCUT2D eigenvalue weighted by Gasteiger charge is -2.21. The average molecular weight is 394 g/mol. The van der Waals surface area contributed by atoms with Crippen molar-refractivity contribution in [3.63, 3.8) is 0 Å². The largest absolute Gasteiger partial charge is 0.492 e. The highest BCUT2D eigenvalue weighted by atomic mass is 16.9. The molecule has 0 fully saturated rings. The predicted octanol–water partition coefficient (Wildman–Crippen LogP) is 4.71. The molecule has 0 spiro atoms. The summed E-state index contributed by atoms with van der Waals surface area (Å²) in [7, 11) is 0. The summed E-state index contributed by atoms with van der Waals surface area (Å²) < 4.78 is 6.22. The maximum atomic E-state index is 10.4. The molecule has 3 aromatic rings. The van der Waals surface area contributed by atoms with E-state index >= 15 is 0 Å². The number of ether oxygens (including phenoxy) is 1. The molecule has 1 unspecified atom stereocenters. The van der Waals surface area contributed by atoms with Gasteiger partial charge in [-0.3, -0.25) is 0 Å².